The van der Waals surface area contributed by atoms with Gasteiger partial charge < -0.3 is 0 Å². The van der Waals surface area contributed by atoms with Gasteiger partial charge in [0.05, 0.1) is 6.54 Å². The van der Waals surface area contributed by atoms with Crippen LogP contribution in [0.15, 0.2) is 18.2 Å². The van der Waals surface area contributed by atoms with E-state index in [0.29, 0.717) is 12.1 Å². The predicted octanol–water partition coefficient (Wildman–Crippen LogP) is 0.514. The highest BCUT2D eigenvalue weighted by atomic mass is 16.1. The molecule has 0 fully saturated rings. The molecule has 14 heavy (non-hydrogen) atoms. The number of fused-ring (bicyclic) bond motifs is 3. The first-order valence-electron chi connectivity index (χ1n) is 4.23. The molecule has 0 amide bonds. The van der Waals surface area contributed by atoms with E-state index >= 15 is 0 Å². The van der Waals surface area contributed by atoms with Crippen LogP contribution < -0.4 is 0 Å². The van der Waals surface area contributed by atoms with E-state index in [1.807, 2.05) is 12.1 Å². The third-order valence-electron chi connectivity index (χ3n) is 2.36. The molecule has 0 saturated carbocycles. The van der Waals surface area contributed by atoms with Gasteiger partial charge in [-0.05, 0) is 22.1 Å². The average molecular weight is 186 g/mol. The summed E-state index contributed by atoms with van der Waals surface area (Å²) in [7, 11) is 0. The smallest absolute Gasteiger partial charge is 0.182 e. The number of benzene rings is 1. The van der Waals surface area contributed by atoms with Crippen LogP contribution in [0.1, 0.15) is 15.9 Å². The van der Waals surface area contributed by atoms with Gasteiger partial charge in [-0.25, -0.2) is 4.68 Å². The van der Waals surface area contributed by atoms with E-state index < -0.39 is 0 Å². The van der Waals surface area contributed by atoms with Gasteiger partial charge in [-0.15, -0.1) is 5.10 Å². The normalized spacial score (nSPS) is 12.3. The Morgan fingerprint density at radius 1 is 1.43 bits per heavy atom. The van der Waals surface area contributed by atoms with Crippen LogP contribution in [0.5, 0.6) is 0 Å². The van der Waals surface area contributed by atoms with Gasteiger partial charge in [0.1, 0.15) is 6.29 Å². The van der Waals surface area contributed by atoms with Crippen molar-refractivity contribution in [3.63, 3.8) is 0 Å². The Morgan fingerprint density at radius 2 is 2.36 bits per heavy atom. The van der Waals surface area contributed by atoms with E-state index in [-0.39, 0.29) is 0 Å². The summed E-state index contributed by atoms with van der Waals surface area (Å²) in [5.41, 5.74) is 2.77. The van der Waals surface area contributed by atoms with Crippen molar-refractivity contribution in [2.45, 2.75) is 6.54 Å². The number of rotatable bonds is 1. The second kappa shape index (κ2) is 2.47. The van der Waals surface area contributed by atoms with E-state index in [0.717, 1.165) is 23.2 Å². The maximum atomic E-state index is 10.6. The van der Waals surface area contributed by atoms with Crippen molar-refractivity contribution in [1.82, 2.24) is 20.2 Å². The molecule has 0 spiro atoms. The van der Waals surface area contributed by atoms with Crippen molar-refractivity contribution in [1.29, 1.82) is 0 Å². The van der Waals surface area contributed by atoms with Crippen LogP contribution in [0, 0.1) is 0 Å². The van der Waals surface area contributed by atoms with Gasteiger partial charge in [-0.1, -0.05) is 12.1 Å². The Labute approximate surface area is 79.4 Å². The number of aldehydes is 1. The third kappa shape index (κ3) is 0.834. The van der Waals surface area contributed by atoms with E-state index in [1.54, 1.807) is 10.7 Å². The Hall–Kier alpha value is -2.04. The standard InChI is InChI=1S/C9H6N4O/c14-5-6-1-2-8-7(3-6)4-13-9(8)10-11-12-13/h1-3,5H,4H2. The van der Waals surface area contributed by atoms with Gasteiger partial charge in [0.15, 0.2) is 5.82 Å². The highest BCUT2D eigenvalue weighted by Gasteiger charge is 2.20. The molecule has 5 nitrogen and oxygen atoms in total. The summed E-state index contributed by atoms with van der Waals surface area (Å²) in [4.78, 5) is 10.6. The second-order valence-corrected chi connectivity index (χ2v) is 3.19. The lowest BCUT2D eigenvalue weighted by atomic mass is 10.1. The summed E-state index contributed by atoms with van der Waals surface area (Å²) >= 11 is 0. The number of carbonyl (C=O) groups excluding carboxylic acids is 1. The van der Waals surface area contributed by atoms with Gasteiger partial charge in [-0.2, -0.15) is 0 Å². The largest absolute Gasteiger partial charge is 0.298 e. The van der Waals surface area contributed by atoms with Crippen LogP contribution >= 0.6 is 0 Å². The average Bonchev–Trinajstić information content (AvgIpc) is 2.75. The van der Waals surface area contributed by atoms with Gasteiger partial charge in [0.2, 0.25) is 0 Å². The van der Waals surface area contributed by atoms with Crippen LogP contribution in [0.25, 0.3) is 11.4 Å². The van der Waals surface area contributed by atoms with E-state index in [2.05, 4.69) is 15.5 Å². The fourth-order valence-corrected chi connectivity index (χ4v) is 1.70. The molecule has 1 aliphatic rings. The minimum atomic E-state index is 0.652. The van der Waals surface area contributed by atoms with Crippen molar-refractivity contribution in [2.75, 3.05) is 0 Å². The van der Waals surface area contributed by atoms with Crippen LogP contribution in [-0.4, -0.2) is 26.5 Å². The fourth-order valence-electron chi connectivity index (χ4n) is 1.70. The molecule has 0 atom stereocenters. The molecule has 0 radical (unpaired) electrons. The number of tetrazole rings is 1. The van der Waals surface area contributed by atoms with E-state index in [1.165, 1.54) is 0 Å². The molecule has 3 rings (SSSR count). The Bertz CT molecular complexity index is 517. The van der Waals surface area contributed by atoms with Gasteiger partial charge >= 0.3 is 0 Å². The summed E-state index contributed by atoms with van der Waals surface area (Å²) in [5, 5.41) is 11.3. The molecule has 0 unspecified atom stereocenters. The van der Waals surface area contributed by atoms with Gasteiger partial charge in [0, 0.05) is 11.1 Å². The first-order chi connectivity index (χ1) is 6.88. The first kappa shape index (κ1) is 7.37. The summed E-state index contributed by atoms with van der Waals surface area (Å²) in [6.07, 6.45) is 0.840. The van der Waals surface area contributed by atoms with Gasteiger partial charge in [0.25, 0.3) is 0 Å². The molecule has 0 saturated heterocycles. The molecule has 1 aromatic heterocycles. The monoisotopic (exact) mass is 186 g/mol. The third-order valence-corrected chi connectivity index (χ3v) is 2.36. The molecule has 0 bridgehead atoms. The molecule has 2 heterocycles. The maximum Gasteiger partial charge on any atom is 0.182 e. The summed E-state index contributed by atoms with van der Waals surface area (Å²) < 4.78 is 1.72. The number of hydrogen-bond donors (Lipinski definition) is 0. The topological polar surface area (TPSA) is 60.7 Å². The number of carbonyl (C=O) groups is 1. The lowest BCUT2D eigenvalue weighted by Crippen LogP contribution is -1.95. The van der Waals surface area contributed by atoms with E-state index in [4.69, 9.17) is 0 Å². The quantitative estimate of drug-likeness (QED) is 0.519. The molecule has 1 aliphatic heterocycles. The van der Waals surface area contributed by atoms with E-state index in [9.17, 15) is 4.79 Å². The fraction of sp³-hybridized carbons (Fsp3) is 0.111. The highest BCUT2D eigenvalue weighted by Crippen LogP contribution is 2.28. The molecule has 68 valence electrons. The minimum absolute atomic E-state index is 0.652. The zero-order valence-electron chi connectivity index (χ0n) is 7.21. The zero-order chi connectivity index (χ0) is 9.54. The Morgan fingerprint density at radius 3 is 3.21 bits per heavy atom. The first-order valence-corrected chi connectivity index (χ1v) is 4.23. The summed E-state index contributed by atoms with van der Waals surface area (Å²) in [5.74, 6) is 0.775. The molecule has 1 aromatic carbocycles. The molecular weight excluding hydrogens is 180 g/mol. The minimum Gasteiger partial charge on any atom is -0.298 e. The maximum absolute atomic E-state index is 10.6. The van der Waals surface area contributed by atoms with Crippen LogP contribution in [-0.2, 0) is 6.54 Å². The predicted molar refractivity (Wildman–Crippen MR) is 47.7 cm³/mol. The summed E-state index contributed by atoms with van der Waals surface area (Å²) in [6.45, 7) is 0.652. The van der Waals surface area contributed by atoms with Crippen LogP contribution in [0.4, 0.5) is 0 Å². The number of hydrogen-bond acceptors (Lipinski definition) is 4. The highest BCUT2D eigenvalue weighted by molar-refractivity contribution is 5.78. The molecular formula is C9H6N4O. The van der Waals surface area contributed by atoms with Crippen LogP contribution in [0.2, 0.25) is 0 Å². The number of nitrogens with zero attached hydrogens (tertiary/aromatic N) is 4. The zero-order valence-corrected chi connectivity index (χ0v) is 7.21. The Kier molecular flexibility index (Phi) is 1.30. The van der Waals surface area contributed by atoms with Crippen molar-refractivity contribution in [3.8, 4) is 11.4 Å². The van der Waals surface area contributed by atoms with Crippen molar-refractivity contribution in [3.05, 3.63) is 29.3 Å². The van der Waals surface area contributed by atoms with Crippen molar-refractivity contribution >= 4 is 6.29 Å². The van der Waals surface area contributed by atoms with Crippen LogP contribution in [0.3, 0.4) is 0 Å². The lowest BCUT2D eigenvalue weighted by molar-refractivity contribution is 0.112. The lowest BCUT2D eigenvalue weighted by Gasteiger charge is -1.96. The molecule has 5 heteroatoms. The van der Waals surface area contributed by atoms with Gasteiger partial charge in [-0.3, -0.25) is 4.79 Å². The van der Waals surface area contributed by atoms with Crippen molar-refractivity contribution in [2.24, 2.45) is 0 Å². The molecule has 2 aromatic rings. The molecule has 0 N–H and O–H groups in total. The van der Waals surface area contributed by atoms with Crippen molar-refractivity contribution < 1.29 is 4.79 Å². The number of aromatic nitrogens is 4. The summed E-state index contributed by atoms with van der Waals surface area (Å²) in [6, 6.07) is 5.52. The molecule has 0 aliphatic carbocycles. The SMILES string of the molecule is O=Cc1ccc2c(c1)Cn1nnnc1-2. The Balaban J connectivity index is 2.23. The second-order valence-electron chi connectivity index (χ2n) is 3.19.